The Morgan fingerprint density at radius 2 is 2.29 bits per heavy atom. The predicted octanol–water partition coefficient (Wildman–Crippen LogP) is 2.07. The van der Waals surface area contributed by atoms with Crippen molar-refractivity contribution in [2.45, 2.75) is 12.3 Å². The zero-order valence-electron chi connectivity index (χ0n) is 7.66. The largest absolute Gasteiger partial charge is 0.282 e. The number of hydrogen-bond acceptors (Lipinski definition) is 3. The molecule has 0 saturated carbocycles. The lowest BCUT2D eigenvalue weighted by Gasteiger charge is -1.97. The van der Waals surface area contributed by atoms with Crippen LogP contribution in [0.2, 0.25) is 0 Å². The normalized spacial score (nSPS) is 10.4. The lowest BCUT2D eigenvalue weighted by molar-refractivity contribution is 1.04. The van der Waals surface area contributed by atoms with Crippen molar-refractivity contribution < 1.29 is 0 Å². The SMILES string of the molecule is Cc1[nH]nc(-c2cnccn2)c1CBr. The van der Waals surface area contributed by atoms with E-state index in [9.17, 15) is 0 Å². The molecule has 2 aromatic rings. The van der Waals surface area contributed by atoms with Gasteiger partial charge >= 0.3 is 0 Å². The average molecular weight is 253 g/mol. The minimum atomic E-state index is 0.765. The second-order valence-corrected chi connectivity index (χ2v) is 3.46. The van der Waals surface area contributed by atoms with Crippen molar-refractivity contribution in [3.05, 3.63) is 29.8 Å². The number of H-pyrrole nitrogens is 1. The molecule has 2 aromatic heterocycles. The van der Waals surface area contributed by atoms with Crippen molar-refractivity contribution in [1.82, 2.24) is 20.2 Å². The highest BCUT2D eigenvalue weighted by Gasteiger charge is 2.11. The van der Waals surface area contributed by atoms with E-state index < -0.39 is 0 Å². The molecule has 0 atom stereocenters. The van der Waals surface area contributed by atoms with Gasteiger partial charge in [0.05, 0.1) is 6.20 Å². The topological polar surface area (TPSA) is 54.5 Å². The lowest BCUT2D eigenvalue weighted by atomic mass is 10.2. The first-order chi connectivity index (χ1) is 6.83. The maximum absolute atomic E-state index is 4.21. The molecule has 0 unspecified atom stereocenters. The highest BCUT2D eigenvalue weighted by molar-refractivity contribution is 9.08. The van der Waals surface area contributed by atoms with Crippen LogP contribution in [0.1, 0.15) is 11.3 Å². The molecule has 5 heteroatoms. The first-order valence-electron chi connectivity index (χ1n) is 4.19. The molecule has 14 heavy (non-hydrogen) atoms. The van der Waals surface area contributed by atoms with Gasteiger partial charge in [0, 0.05) is 29.0 Å². The first kappa shape index (κ1) is 9.33. The molecule has 1 N–H and O–H groups in total. The van der Waals surface area contributed by atoms with E-state index in [1.165, 1.54) is 0 Å². The van der Waals surface area contributed by atoms with Crippen molar-refractivity contribution >= 4 is 15.9 Å². The van der Waals surface area contributed by atoms with Gasteiger partial charge in [-0.05, 0) is 6.92 Å². The number of nitrogens with one attached hydrogen (secondary N) is 1. The van der Waals surface area contributed by atoms with Crippen molar-refractivity contribution in [3.63, 3.8) is 0 Å². The smallest absolute Gasteiger partial charge is 0.116 e. The van der Waals surface area contributed by atoms with E-state index in [0.717, 1.165) is 28.0 Å². The summed E-state index contributed by atoms with van der Waals surface area (Å²) in [4.78, 5) is 8.22. The van der Waals surface area contributed by atoms with E-state index in [1.807, 2.05) is 6.92 Å². The van der Waals surface area contributed by atoms with Crippen LogP contribution in [0.25, 0.3) is 11.4 Å². The molecule has 0 amide bonds. The van der Waals surface area contributed by atoms with Gasteiger partial charge in [-0.2, -0.15) is 5.10 Å². The molecule has 0 fully saturated rings. The third-order valence-corrected chi connectivity index (χ3v) is 2.57. The maximum atomic E-state index is 4.21. The number of hydrogen-bond donors (Lipinski definition) is 1. The van der Waals surface area contributed by atoms with Gasteiger partial charge in [0.2, 0.25) is 0 Å². The number of aromatic amines is 1. The summed E-state index contributed by atoms with van der Waals surface area (Å²) in [6, 6.07) is 0. The molecule has 0 spiro atoms. The van der Waals surface area contributed by atoms with E-state index in [2.05, 4.69) is 36.1 Å². The fraction of sp³-hybridized carbons (Fsp3) is 0.222. The minimum Gasteiger partial charge on any atom is -0.282 e. The van der Waals surface area contributed by atoms with Crippen LogP contribution in [-0.4, -0.2) is 20.2 Å². The zero-order chi connectivity index (χ0) is 9.97. The van der Waals surface area contributed by atoms with Gasteiger partial charge < -0.3 is 0 Å². The monoisotopic (exact) mass is 252 g/mol. The summed E-state index contributed by atoms with van der Waals surface area (Å²) in [5.41, 5.74) is 3.85. The summed E-state index contributed by atoms with van der Waals surface area (Å²) in [6.45, 7) is 1.99. The molecule has 0 aliphatic rings. The second-order valence-electron chi connectivity index (χ2n) is 2.90. The van der Waals surface area contributed by atoms with E-state index >= 15 is 0 Å². The van der Waals surface area contributed by atoms with Crippen molar-refractivity contribution in [2.24, 2.45) is 0 Å². The van der Waals surface area contributed by atoms with E-state index in [4.69, 9.17) is 0 Å². The number of halogens is 1. The Kier molecular flexibility index (Phi) is 2.58. The third kappa shape index (κ3) is 1.55. The van der Waals surface area contributed by atoms with Gasteiger partial charge in [-0.1, -0.05) is 15.9 Å². The highest BCUT2D eigenvalue weighted by Crippen LogP contribution is 2.22. The van der Waals surface area contributed by atoms with Crippen LogP contribution < -0.4 is 0 Å². The van der Waals surface area contributed by atoms with E-state index in [1.54, 1.807) is 18.6 Å². The molecule has 0 radical (unpaired) electrons. The Bertz CT molecular complexity index is 424. The molecular weight excluding hydrogens is 244 g/mol. The summed E-state index contributed by atoms with van der Waals surface area (Å²) in [6.07, 6.45) is 5.02. The van der Waals surface area contributed by atoms with Gasteiger partial charge in [0.1, 0.15) is 11.4 Å². The molecule has 0 aromatic carbocycles. The van der Waals surface area contributed by atoms with Crippen LogP contribution in [-0.2, 0) is 5.33 Å². The van der Waals surface area contributed by atoms with Crippen molar-refractivity contribution in [2.75, 3.05) is 0 Å². The number of aromatic nitrogens is 4. The summed E-state index contributed by atoms with van der Waals surface area (Å²) in [5, 5.41) is 7.90. The average Bonchev–Trinajstić information content (AvgIpc) is 2.61. The summed E-state index contributed by atoms with van der Waals surface area (Å²) < 4.78 is 0. The van der Waals surface area contributed by atoms with Crippen LogP contribution in [0.3, 0.4) is 0 Å². The molecule has 0 aliphatic carbocycles. The predicted molar refractivity (Wildman–Crippen MR) is 57.0 cm³/mol. The van der Waals surface area contributed by atoms with Crippen LogP contribution >= 0.6 is 15.9 Å². The fourth-order valence-electron chi connectivity index (χ4n) is 1.25. The number of aryl methyl sites for hydroxylation is 1. The molecule has 0 saturated heterocycles. The van der Waals surface area contributed by atoms with Crippen molar-refractivity contribution in [1.29, 1.82) is 0 Å². The second kappa shape index (κ2) is 3.88. The summed E-state index contributed by atoms with van der Waals surface area (Å²) in [5.74, 6) is 0. The van der Waals surface area contributed by atoms with Gasteiger partial charge in [-0.15, -0.1) is 0 Å². The van der Waals surface area contributed by atoms with Crippen LogP contribution in [0.4, 0.5) is 0 Å². The van der Waals surface area contributed by atoms with Crippen molar-refractivity contribution in [3.8, 4) is 11.4 Å². The Morgan fingerprint density at radius 3 is 2.93 bits per heavy atom. The van der Waals surface area contributed by atoms with Crippen LogP contribution in [0.15, 0.2) is 18.6 Å². The summed E-state index contributed by atoms with van der Waals surface area (Å²) >= 11 is 3.43. The van der Waals surface area contributed by atoms with Crippen LogP contribution in [0, 0.1) is 6.92 Å². The molecule has 2 rings (SSSR count). The van der Waals surface area contributed by atoms with E-state index in [-0.39, 0.29) is 0 Å². The Hall–Kier alpha value is -1.23. The minimum absolute atomic E-state index is 0.765. The number of nitrogens with zero attached hydrogens (tertiary/aromatic N) is 3. The molecule has 72 valence electrons. The first-order valence-corrected chi connectivity index (χ1v) is 5.31. The molecule has 0 bridgehead atoms. The highest BCUT2D eigenvalue weighted by atomic mass is 79.9. The van der Waals surface area contributed by atoms with Gasteiger partial charge in [0.25, 0.3) is 0 Å². The van der Waals surface area contributed by atoms with E-state index in [0.29, 0.717) is 0 Å². The summed E-state index contributed by atoms with van der Waals surface area (Å²) in [7, 11) is 0. The zero-order valence-corrected chi connectivity index (χ0v) is 9.24. The molecule has 2 heterocycles. The number of rotatable bonds is 2. The quantitative estimate of drug-likeness (QED) is 0.833. The maximum Gasteiger partial charge on any atom is 0.116 e. The van der Waals surface area contributed by atoms with Gasteiger partial charge in [0.15, 0.2) is 0 Å². The van der Waals surface area contributed by atoms with Crippen LogP contribution in [0.5, 0.6) is 0 Å². The number of alkyl halides is 1. The lowest BCUT2D eigenvalue weighted by Crippen LogP contribution is -1.88. The molecule has 4 nitrogen and oxygen atoms in total. The Morgan fingerprint density at radius 1 is 1.43 bits per heavy atom. The molecule has 0 aliphatic heterocycles. The standard InChI is InChI=1S/C9H9BrN4/c1-6-7(4-10)9(14-13-6)8-5-11-2-3-12-8/h2-3,5H,4H2,1H3,(H,13,14). The Labute approximate surface area is 89.9 Å². The van der Waals surface area contributed by atoms with Gasteiger partial charge in [-0.3, -0.25) is 15.1 Å². The fourth-order valence-corrected chi connectivity index (χ4v) is 1.94. The van der Waals surface area contributed by atoms with Gasteiger partial charge in [-0.25, -0.2) is 0 Å². The molecular formula is C9H9BrN4. The third-order valence-electron chi connectivity index (χ3n) is 2.01. The Balaban J connectivity index is 2.52.